The van der Waals surface area contributed by atoms with Crippen LogP contribution < -0.4 is 11.2 Å². The largest absolute Gasteiger partial charge is 0.368 e. The van der Waals surface area contributed by atoms with Gasteiger partial charge >= 0.3 is 0 Å². The molecule has 0 amide bonds. The average Bonchev–Trinajstić information content (AvgIpc) is 2.16. The van der Waals surface area contributed by atoms with Crippen LogP contribution >= 0.6 is 0 Å². The molecule has 0 aliphatic carbocycles. The summed E-state index contributed by atoms with van der Waals surface area (Å²) in [4.78, 5) is 1.74. The Morgan fingerprint density at radius 1 is 1.36 bits per heavy atom. The molecule has 3 N–H and O–H groups in total. The van der Waals surface area contributed by atoms with E-state index in [0.29, 0.717) is 5.96 Å². The summed E-state index contributed by atoms with van der Waals surface area (Å²) in [6.45, 7) is 2.02. The van der Waals surface area contributed by atoms with Gasteiger partial charge in [0.2, 0.25) is 5.96 Å². The lowest BCUT2D eigenvalue weighted by atomic mass is 10.2. The monoisotopic (exact) mass is 192 g/mol. The second-order valence-corrected chi connectivity index (χ2v) is 3.29. The van der Waals surface area contributed by atoms with Crippen molar-refractivity contribution in [1.29, 1.82) is 0 Å². The van der Waals surface area contributed by atoms with Crippen molar-refractivity contribution in [3.63, 3.8) is 0 Å². The van der Waals surface area contributed by atoms with E-state index in [1.807, 2.05) is 45.3 Å². The molecule has 1 aromatic rings. The highest BCUT2D eigenvalue weighted by Crippen LogP contribution is 2.12. The van der Waals surface area contributed by atoms with Crippen molar-refractivity contribution in [2.45, 2.75) is 6.92 Å². The topological polar surface area (TPSA) is 53.6 Å². The summed E-state index contributed by atoms with van der Waals surface area (Å²) >= 11 is 0. The number of nitrogens with two attached hydrogens (primary N) is 1. The van der Waals surface area contributed by atoms with Gasteiger partial charge in [-0.2, -0.15) is 0 Å². The Hall–Kier alpha value is -1.71. The van der Waals surface area contributed by atoms with Gasteiger partial charge in [-0.25, -0.2) is 0 Å². The number of hydrogen-bond acceptors (Lipinski definition) is 2. The summed E-state index contributed by atoms with van der Waals surface area (Å²) in [5.74, 6) is 0.452. The van der Waals surface area contributed by atoms with Crippen LogP contribution in [0.4, 0.5) is 5.69 Å². The molecule has 0 spiro atoms. The van der Waals surface area contributed by atoms with Crippen LogP contribution in [0.1, 0.15) is 5.56 Å². The van der Waals surface area contributed by atoms with Crippen LogP contribution in [0.15, 0.2) is 29.4 Å². The van der Waals surface area contributed by atoms with E-state index >= 15 is 0 Å². The van der Waals surface area contributed by atoms with Gasteiger partial charge in [0.1, 0.15) is 0 Å². The normalized spacial score (nSPS) is 11.2. The van der Waals surface area contributed by atoms with Crippen LogP contribution in [0, 0.1) is 6.92 Å². The van der Waals surface area contributed by atoms with Gasteiger partial charge in [0.15, 0.2) is 0 Å². The molecule has 4 nitrogen and oxygen atoms in total. The van der Waals surface area contributed by atoms with E-state index in [0.717, 1.165) is 11.3 Å². The molecule has 1 rings (SSSR count). The summed E-state index contributed by atoms with van der Waals surface area (Å²) < 4.78 is 0. The first-order valence-electron chi connectivity index (χ1n) is 4.43. The van der Waals surface area contributed by atoms with Crippen LogP contribution in [-0.2, 0) is 0 Å². The zero-order chi connectivity index (χ0) is 10.6. The fourth-order valence-electron chi connectivity index (χ4n) is 0.916. The molecule has 0 aromatic heterocycles. The van der Waals surface area contributed by atoms with Crippen LogP contribution in [0.2, 0.25) is 0 Å². The van der Waals surface area contributed by atoms with Gasteiger partial charge in [-0.3, -0.25) is 5.43 Å². The lowest BCUT2D eigenvalue weighted by Crippen LogP contribution is -2.31. The first-order chi connectivity index (χ1) is 6.61. The van der Waals surface area contributed by atoms with Gasteiger partial charge in [0.25, 0.3) is 0 Å². The molecule has 0 aliphatic heterocycles. The number of guanidine groups is 1. The molecule has 4 heteroatoms. The minimum absolute atomic E-state index is 0.452. The standard InChI is InChI=1S/C10H16N4/c1-8-6-4-5-7-9(8)12-13-10(11)14(2)3/h4-7,12H,1-3H3,(H2,11,13). The lowest BCUT2D eigenvalue weighted by molar-refractivity contribution is 0.613. The number of benzene rings is 1. The number of nitrogens with zero attached hydrogens (tertiary/aromatic N) is 2. The summed E-state index contributed by atoms with van der Waals surface area (Å²) in [5, 5.41) is 4.03. The summed E-state index contributed by atoms with van der Waals surface area (Å²) in [6, 6.07) is 7.92. The third kappa shape index (κ3) is 2.65. The molecule has 14 heavy (non-hydrogen) atoms. The molecule has 0 saturated carbocycles. The predicted molar refractivity (Wildman–Crippen MR) is 60.1 cm³/mol. The third-order valence-electron chi connectivity index (χ3n) is 1.89. The molecule has 0 saturated heterocycles. The highest BCUT2D eigenvalue weighted by Gasteiger charge is 1.96. The van der Waals surface area contributed by atoms with Gasteiger partial charge < -0.3 is 10.6 Å². The Morgan fingerprint density at radius 3 is 2.57 bits per heavy atom. The van der Waals surface area contributed by atoms with E-state index in [9.17, 15) is 0 Å². The maximum Gasteiger partial charge on any atom is 0.213 e. The molecule has 0 fully saturated rings. The number of rotatable bonds is 2. The van der Waals surface area contributed by atoms with Crippen LogP contribution in [0.25, 0.3) is 0 Å². The van der Waals surface area contributed by atoms with E-state index in [-0.39, 0.29) is 0 Å². The predicted octanol–water partition coefficient (Wildman–Crippen LogP) is 1.20. The maximum absolute atomic E-state index is 5.63. The summed E-state index contributed by atoms with van der Waals surface area (Å²) in [5.41, 5.74) is 10.7. The highest BCUT2D eigenvalue weighted by atomic mass is 15.4. The molecule has 0 bridgehead atoms. The van der Waals surface area contributed by atoms with Crippen molar-refractivity contribution in [3.8, 4) is 0 Å². The summed E-state index contributed by atoms with van der Waals surface area (Å²) in [6.07, 6.45) is 0. The molecule has 76 valence electrons. The molecular formula is C10H16N4. The van der Waals surface area contributed by atoms with E-state index in [1.54, 1.807) is 4.90 Å². The van der Waals surface area contributed by atoms with Crippen LogP contribution in [-0.4, -0.2) is 25.0 Å². The van der Waals surface area contributed by atoms with E-state index < -0.39 is 0 Å². The molecule has 0 radical (unpaired) electrons. The van der Waals surface area contributed by atoms with Crippen molar-refractivity contribution in [2.24, 2.45) is 10.8 Å². The lowest BCUT2D eigenvalue weighted by Gasteiger charge is -2.11. The fourth-order valence-corrected chi connectivity index (χ4v) is 0.916. The Bertz CT molecular complexity index is 331. The van der Waals surface area contributed by atoms with Crippen LogP contribution in [0.3, 0.4) is 0 Å². The quantitative estimate of drug-likeness (QED) is 0.420. The third-order valence-corrected chi connectivity index (χ3v) is 1.89. The zero-order valence-corrected chi connectivity index (χ0v) is 8.78. The van der Waals surface area contributed by atoms with E-state index in [1.165, 1.54) is 0 Å². The molecule has 0 aliphatic rings. The Balaban J connectivity index is 2.71. The number of hydrogen-bond donors (Lipinski definition) is 2. The summed E-state index contributed by atoms with van der Waals surface area (Å²) in [7, 11) is 3.69. The first kappa shape index (κ1) is 10.4. The number of para-hydroxylation sites is 1. The molecule has 1 aromatic carbocycles. The van der Waals surface area contributed by atoms with E-state index in [4.69, 9.17) is 5.73 Å². The minimum Gasteiger partial charge on any atom is -0.368 e. The highest BCUT2D eigenvalue weighted by molar-refractivity contribution is 5.78. The molecule has 0 unspecified atom stereocenters. The average molecular weight is 192 g/mol. The number of anilines is 1. The number of nitrogens with one attached hydrogen (secondary N) is 1. The smallest absolute Gasteiger partial charge is 0.213 e. The minimum atomic E-state index is 0.452. The van der Waals surface area contributed by atoms with Crippen LogP contribution in [0.5, 0.6) is 0 Å². The fraction of sp³-hybridized carbons (Fsp3) is 0.300. The van der Waals surface area contributed by atoms with Gasteiger partial charge in [0.05, 0.1) is 5.69 Å². The first-order valence-corrected chi connectivity index (χ1v) is 4.43. The number of aryl methyl sites for hydroxylation is 1. The second kappa shape index (κ2) is 4.50. The van der Waals surface area contributed by atoms with Crippen molar-refractivity contribution < 1.29 is 0 Å². The van der Waals surface area contributed by atoms with Gasteiger partial charge in [-0.1, -0.05) is 18.2 Å². The van der Waals surface area contributed by atoms with Gasteiger partial charge in [-0.05, 0) is 18.6 Å². The molecule has 0 heterocycles. The van der Waals surface area contributed by atoms with Crippen molar-refractivity contribution in [1.82, 2.24) is 4.90 Å². The SMILES string of the molecule is Cc1ccccc1N/N=C(\N)N(C)C. The van der Waals surface area contributed by atoms with Crippen molar-refractivity contribution in [2.75, 3.05) is 19.5 Å². The zero-order valence-electron chi connectivity index (χ0n) is 8.78. The Kier molecular flexibility index (Phi) is 3.34. The molecular weight excluding hydrogens is 176 g/mol. The van der Waals surface area contributed by atoms with E-state index in [2.05, 4.69) is 10.5 Å². The van der Waals surface area contributed by atoms with Crippen molar-refractivity contribution >= 4 is 11.6 Å². The van der Waals surface area contributed by atoms with Gasteiger partial charge in [-0.15, -0.1) is 5.10 Å². The Labute approximate surface area is 84.4 Å². The van der Waals surface area contributed by atoms with Crippen molar-refractivity contribution in [3.05, 3.63) is 29.8 Å². The molecule has 0 atom stereocenters. The maximum atomic E-state index is 5.63. The van der Waals surface area contributed by atoms with Gasteiger partial charge in [0, 0.05) is 14.1 Å². The second-order valence-electron chi connectivity index (χ2n) is 3.29. The number of hydrazone groups is 1. The Morgan fingerprint density at radius 2 is 2.00 bits per heavy atom.